The number of carbonyl (C=O) groups is 1. The number of nitrogens with one attached hydrogen (secondary N) is 1. The number of carbonyl (C=O) groups excluding carboxylic acids is 1. The van der Waals surface area contributed by atoms with Crippen molar-refractivity contribution in [2.24, 2.45) is 5.92 Å². The Bertz CT molecular complexity index is 1200. The van der Waals surface area contributed by atoms with Crippen LogP contribution in [0.3, 0.4) is 0 Å². The highest BCUT2D eigenvalue weighted by Crippen LogP contribution is 2.24. The molecule has 1 aliphatic rings. The fraction of sp³-hybridized carbons (Fsp3) is 0.391. The molecule has 1 aromatic carbocycles. The standard InChI is InChI=1S/C23H30N4O5S2/c1-3-26(18-21-7-5-6-13-24-21)23(28)15-19-8-10-22(11-9-19)34(31,32)27-14-12-20(17-27)16-25-33(29,30)4-2/h4-11,13,20,25H,2-3,12,14-18H2,1H3/t20-/m1/s1. The summed E-state index contributed by atoms with van der Waals surface area (Å²) in [4.78, 5) is 18.9. The Kier molecular flexibility index (Phi) is 8.58. The number of sulfonamides is 2. The van der Waals surface area contributed by atoms with Gasteiger partial charge < -0.3 is 4.90 Å². The molecule has 1 saturated heterocycles. The first-order chi connectivity index (χ1) is 16.1. The molecule has 1 fully saturated rings. The average molecular weight is 507 g/mol. The van der Waals surface area contributed by atoms with Crippen molar-refractivity contribution in [2.75, 3.05) is 26.2 Å². The van der Waals surface area contributed by atoms with Gasteiger partial charge in [-0.05, 0) is 49.1 Å². The highest BCUT2D eigenvalue weighted by molar-refractivity contribution is 7.92. The van der Waals surface area contributed by atoms with Crippen LogP contribution in [0.5, 0.6) is 0 Å². The van der Waals surface area contributed by atoms with E-state index < -0.39 is 20.0 Å². The molecule has 2 aromatic rings. The Morgan fingerprint density at radius 1 is 1.21 bits per heavy atom. The van der Waals surface area contributed by atoms with E-state index in [2.05, 4.69) is 16.3 Å². The zero-order valence-corrected chi connectivity index (χ0v) is 20.8. The number of nitrogens with zero attached hydrogens (tertiary/aromatic N) is 3. The zero-order chi connectivity index (χ0) is 24.8. The Labute approximate surface area is 201 Å². The van der Waals surface area contributed by atoms with Crippen molar-refractivity contribution in [1.29, 1.82) is 0 Å². The van der Waals surface area contributed by atoms with Crippen molar-refractivity contribution in [2.45, 2.75) is 31.2 Å². The fourth-order valence-corrected chi connectivity index (χ4v) is 5.87. The highest BCUT2D eigenvalue weighted by atomic mass is 32.2. The molecule has 184 valence electrons. The minimum atomic E-state index is -3.71. The van der Waals surface area contributed by atoms with Gasteiger partial charge in [0.15, 0.2) is 0 Å². The molecule has 0 radical (unpaired) electrons. The van der Waals surface area contributed by atoms with Crippen molar-refractivity contribution in [3.8, 4) is 0 Å². The van der Waals surface area contributed by atoms with Gasteiger partial charge in [0.1, 0.15) is 0 Å². The van der Waals surface area contributed by atoms with Gasteiger partial charge in [-0.2, -0.15) is 4.31 Å². The summed E-state index contributed by atoms with van der Waals surface area (Å²) in [6, 6.07) is 11.9. The van der Waals surface area contributed by atoms with Crippen molar-refractivity contribution < 1.29 is 21.6 Å². The van der Waals surface area contributed by atoms with Crippen LogP contribution < -0.4 is 4.72 Å². The molecular weight excluding hydrogens is 476 g/mol. The number of rotatable bonds is 11. The van der Waals surface area contributed by atoms with E-state index in [-0.39, 0.29) is 36.2 Å². The SMILES string of the molecule is C=CS(=O)(=O)NC[C@H]1CCN(S(=O)(=O)c2ccc(CC(=O)N(CC)Cc3ccccn3)cc2)C1. The Balaban J connectivity index is 1.59. The Morgan fingerprint density at radius 3 is 2.56 bits per heavy atom. The van der Waals surface area contributed by atoms with Crippen LogP contribution in [0.25, 0.3) is 0 Å². The molecule has 1 amide bonds. The molecular formula is C23H30N4O5S2. The summed E-state index contributed by atoms with van der Waals surface area (Å²) in [6.07, 6.45) is 2.42. The lowest BCUT2D eigenvalue weighted by Crippen LogP contribution is -2.32. The summed E-state index contributed by atoms with van der Waals surface area (Å²) in [5.74, 6) is -0.173. The van der Waals surface area contributed by atoms with Crippen molar-refractivity contribution in [3.05, 3.63) is 71.9 Å². The third kappa shape index (κ3) is 6.72. The van der Waals surface area contributed by atoms with E-state index >= 15 is 0 Å². The third-order valence-corrected chi connectivity index (χ3v) is 8.66. The monoisotopic (exact) mass is 506 g/mol. The van der Waals surface area contributed by atoms with Crippen LogP contribution in [-0.4, -0.2) is 63.1 Å². The first-order valence-corrected chi connectivity index (χ1v) is 14.0. The summed E-state index contributed by atoms with van der Waals surface area (Å²) >= 11 is 0. The average Bonchev–Trinajstić information content (AvgIpc) is 3.32. The van der Waals surface area contributed by atoms with Gasteiger partial charge in [-0.15, -0.1) is 0 Å². The summed E-state index contributed by atoms with van der Waals surface area (Å²) in [5.41, 5.74) is 1.53. The van der Waals surface area contributed by atoms with E-state index in [9.17, 15) is 21.6 Å². The lowest BCUT2D eigenvalue weighted by molar-refractivity contribution is -0.130. The van der Waals surface area contributed by atoms with Gasteiger partial charge in [-0.1, -0.05) is 24.8 Å². The predicted octanol–water partition coefficient (Wildman–Crippen LogP) is 1.75. The molecule has 9 nitrogen and oxygen atoms in total. The molecule has 1 aromatic heterocycles. The van der Waals surface area contributed by atoms with Crippen LogP contribution in [0.2, 0.25) is 0 Å². The molecule has 0 saturated carbocycles. The second-order valence-corrected chi connectivity index (χ2v) is 11.8. The summed E-state index contributed by atoms with van der Waals surface area (Å²) in [6.45, 7) is 6.83. The van der Waals surface area contributed by atoms with Gasteiger partial charge in [-0.3, -0.25) is 9.78 Å². The first-order valence-electron chi connectivity index (χ1n) is 11.0. The Hall–Kier alpha value is -2.60. The molecule has 0 bridgehead atoms. The largest absolute Gasteiger partial charge is 0.337 e. The van der Waals surface area contributed by atoms with E-state index in [1.54, 1.807) is 23.2 Å². The number of amides is 1. The molecule has 0 unspecified atom stereocenters. The predicted molar refractivity (Wildman–Crippen MR) is 129 cm³/mol. The van der Waals surface area contributed by atoms with Gasteiger partial charge in [0, 0.05) is 37.8 Å². The van der Waals surface area contributed by atoms with Crippen molar-refractivity contribution in [1.82, 2.24) is 18.9 Å². The quantitative estimate of drug-likeness (QED) is 0.496. The van der Waals surface area contributed by atoms with E-state index in [1.807, 2.05) is 25.1 Å². The van der Waals surface area contributed by atoms with Crippen LogP contribution in [0.4, 0.5) is 0 Å². The van der Waals surface area contributed by atoms with E-state index in [4.69, 9.17) is 0 Å². The molecule has 0 aliphatic carbocycles. The van der Waals surface area contributed by atoms with Gasteiger partial charge in [0.2, 0.25) is 26.0 Å². The Morgan fingerprint density at radius 2 is 1.94 bits per heavy atom. The van der Waals surface area contributed by atoms with E-state index in [0.717, 1.165) is 16.7 Å². The van der Waals surface area contributed by atoms with Crippen LogP contribution >= 0.6 is 0 Å². The molecule has 1 N–H and O–H groups in total. The van der Waals surface area contributed by atoms with Gasteiger partial charge in [0.05, 0.1) is 23.6 Å². The lowest BCUT2D eigenvalue weighted by atomic mass is 10.1. The van der Waals surface area contributed by atoms with Gasteiger partial charge in [-0.25, -0.2) is 21.6 Å². The van der Waals surface area contributed by atoms with Crippen LogP contribution in [-0.2, 0) is 37.8 Å². The van der Waals surface area contributed by atoms with E-state index in [0.29, 0.717) is 26.1 Å². The number of hydrogen-bond donors (Lipinski definition) is 1. The van der Waals surface area contributed by atoms with Gasteiger partial charge in [0.25, 0.3) is 0 Å². The van der Waals surface area contributed by atoms with E-state index in [1.165, 1.54) is 16.4 Å². The molecule has 11 heteroatoms. The minimum absolute atomic E-state index is 0.0619. The maximum Gasteiger partial charge on any atom is 0.243 e. The number of hydrogen-bond acceptors (Lipinski definition) is 6. The summed E-state index contributed by atoms with van der Waals surface area (Å²) in [5, 5.41) is 0.834. The second-order valence-electron chi connectivity index (χ2n) is 8.13. The number of likely N-dealkylation sites (N-methyl/N-ethyl adjacent to an activating group) is 1. The lowest BCUT2D eigenvalue weighted by Gasteiger charge is -2.21. The third-order valence-electron chi connectivity index (χ3n) is 5.77. The summed E-state index contributed by atoms with van der Waals surface area (Å²) in [7, 11) is -7.25. The van der Waals surface area contributed by atoms with Gasteiger partial charge >= 0.3 is 0 Å². The number of pyridine rings is 1. The molecule has 1 aliphatic heterocycles. The van der Waals surface area contributed by atoms with Crippen LogP contribution in [0.1, 0.15) is 24.6 Å². The van der Waals surface area contributed by atoms with Crippen LogP contribution in [0, 0.1) is 5.92 Å². The maximum atomic E-state index is 13.0. The molecule has 0 spiro atoms. The van der Waals surface area contributed by atoms with Crippen LogP contribution in [0.15, 0.2) is 65.5 Å². The van der Waals surface area contributed by atoms with Crippen molar-refractivity contribution >= 4 is 26.0 Å². The molecule has 3 rings (SSSR count). The normalized spacial score (nSPS) is 16.9. The topological polar surface area (TPSA) is 117 Å². The summed E-state index contributed by atoms with van der Waals surface area (Å²) < 4.78 is 52.9. The number of benzene rings is 1. The second kappa shape index (κ2) is 11.2. The smallest absolute Gasteiger partial charge is 0.243 e. The highest BCUT2D eigenvalue weighted by Gasteiger charge is 2.32. The molecule has 34 heavy (non-hydrogen) atoms. The first kappa shape index (κ1) is 26.0. The minimum Gasteiger partial charge on any atom is -0.337 e. The zero-order valence-electron chi connectivity index (χ0n) is 19.1. The maximum absolute atomic E-state index is 13.0. The van der Waals surface area contributed by atoms with Crippen molar-refractivity contribution in [3.63, 3.8) is 0 Å². The number of aromatic nitrogens is 1. The molecule has 2 heterocycles. The molecule has 1 atom stereocenters. The fourth-order valence-electron chi connectivity index (χ4n) is 3.75.